The molecule has 10 heteroatoms. The van der Waals surface area contributed by atoms with Gasteiger partial charge in [-0.2, -0.15) is 9.97 Å². The van der Waals surface area contributed by atoms with E-state index in [1.807, 2.05) is 49.6 Å². The summed E-state index contributed by atoms with van der Waals surface area (Å²) in [4.78, 5) is 31.0. The van der Waals surface area contributed by atoms with Crippen LogP contribution < -0.4 is 10.6 Å². The molecule has 1 aromatic carbocycles. The first kappa shape index (κ1) is 23.5. The van der Waals surface area contributed by atoms with Crippen molar-refractivity contribution in [3.8, 4) is 0 Å². The van der Waals surface area contributed by atoms with E-state index in [9.17, 15) is 4.79 Å². The highest BCUT2D eigenvalue weighted by atomic mass is 16.5. The van der Waals surface area contributed by atoms with Gasteiger partial charge in [0.25, 0.3) is 5.91 Å². The SMILES string of the molecule is CN(C)CCNc1nc(Nc2ccc(C(=O)N3CCOCC3)cc2)c2ncn(C3CCCC3)c2n1. The second-order valence-electron chi connectivity index (χ2n) is 9.50. The van der Waals surface area contributed by atoms with Crippen molar-refractivity contribution in [2.24, 2.45) is 0 Å². The van der Waals surface area contributed by atoms with Crippen molar-refractivity contribution in [2.45, 2.75) is 31.7 Å². The summed E-state index contributed by atoms with van der Waals surface area (Å²) in [7, 11) is 4.09. The van der Waals surface area contributed by atoms with Gasteiger partial charge >= 0.3 is 0 Å². The molecule has 0 unspecified atom stereocenters. The monoisotopic (exact) mass is 478 g/mol. The van der Waals surface area contributed by atoms with E-state index in [4.69, 9.17) is 14.7 Å². The molecule has 1 saturated carbocycles. The van der Waals surface area contributed by atoms with E-state index in [1.165, 1.54) is 12.8 Å². The summed E-state index contributed by atoms with van der Waals surface area (Å²) in [6, 6.07) is 7.96. The summed E-state index contributed by atoms with van der Waals surface area (Å²) < 4.78 is 7.56. The Morgan fingerprint density at radius 3 is 2.57 bits per heavy atom. The lowest BCUT2D eigenvalue weighted by molar-refractivity contribution is 0.0303. The molecule has 1 saturated heterocycles. The van der Waals surface area contributed by atoms with Crippen LogP contribution in [0.3, 0.4) is 0 Å². The van der Waals surface area contributed by atoms with Crippen LogP contribution in [0.15, 0.2) is 30.6 Å². The molecule has 3 heterocycles. The first-order valence-electron chi connectivity index (χ1n) is 12.5. The molecular formula is C25H34N8O2. The molecule has 2 aromatic heterocycles. The van der Waals surface area contributed by atoms with Gasteiger partial charge in [0.1, 0.15) is 0 Å². The third kappa shape index (κ3) is 5.38. The summed E-state index contributed by atoms with van der Waals surface area (Å²) in [5, 5.41) is 6.77. The minimum atomic E-state index is 0.0342. The molecule has 0 atom stereocenters. The number of imidazole rings is 1. The lowest BCUT2D eigenvalue weighted by Crippen LogP contribution is -2.40. The molecule has 2 aliphatic rings. The number of aromatic nitrogens is 4. The van der Waals surface area contributed by atoms with Crippen LogP contribution in [0.5, 0.6) is 0 Å². The lowest BCUT2D eigenvalue weighted by atomic mass is 10.1. The highest BCUT2D eigenvalue weighted by Crippen LogP contribution is 2.33. The van der Waals surface area contributed by atoms with Crippen LogP contribution in [0.25, 0.3) is 11.2 Å². The number of carbonyl (C=O) groups is 1. The molecule has 5 rings (SSSR count). The van der Waals surface area contributed by atoms with Crippen molar-refractivity contribution in [3.05, 3.63) is 36.2 Å². The van der Waals surface area contributed by atoms with E-state index in [0.717, 1.165) is 42.8 Å². The van der Waals surface area contributed by atoms with Gasteiger partial charge in [0.15, 0.2) is 17.0 Å². The van der Waals surface area contributed by atoms with Gasteiger partial charge < -0.3 is 29.7 Å². The van der Waals surface area contributed by atoms with E-state index in [0.29, 0.717) is 49.7 Å². The third-order valence-corrected chi connectivity index (χ3v) is 6.67. The maximum atomic E-state index is 12.8. The Bertz CT molecular complexity index is 1150. The molecule has 0 radical (unpaired) electrons. The third-order valence-electron chi connectivity index (χ3n) is 6.67. The second kappa shape index (κ2) is 10.6. The summed E-state index contributed by atoms with van der Waals surface area (Å²) in [5.41, 5.74) is 3.12. The van der Waals surface area contributed by atoms with Crippen LogP contribution in [0.2, 0.25) is 0 Å². The zero-order valence-electron chi connectivity index (χ0n) is 20.5. The second-order valence-corrected chi connectivity index (χ2v) is 9.50. The molecule has 35 heavy (non-hydrogen) atoms. The van der Waals surface area contributed by atoms with Gasteiger partial charge in [-0.25, -0.2) is 4.98 Å². The number of nitrogens with one attached hydrogen (secondary N) is 2. The van der Waals surface area contributed by atoms with E-state index < -0.39 is 0 Å². The van der Waals surface area contributed by atoms with Gasteiger partial charge in [-0.1, -0.05) is 12.8 Å². The quantitative estimate of drug-likeness (QED) is 0.509. The number of hydrogen-bond donors (Lipinski definition) is 2. The van der Waals surface area contributed by atoms with Gasteiger partial charge in [0.2, 0.25) is 5.95 Å². The number of anilines is 3. The molecule has 0 bridgehead atoms. The zero-order valence-corrected chi connectivity index (χ0v) is 20.5. The standard InChI is InChI=1S/C25H34N8O2/c1-31(2)12-11-26-25-29-22(21-23(30-25)33(17-27-21)20-5-3-4-6-20)28-19-9-7-18(8-10-19)24(34)32-13-15-35-16-14-32/h7-10,17,20H,3-6,11-16H2,1-2H3,(H2,26,28,29,30). The minimum absolute atomic E-state index is 0.0342. The molecule has 1 amide bonds. The number of fused-ring (bicyclic) bond motifs is 1. The van der Waals surface area contributed by atoms with Crippen molar-refractivity contribution in [2.75, 3.05) is 64.1 Å². The molecule has 186 valence electrons. The number of rotatable bonds is 8. The maximum absolute atomic E-state index is 12.8. The number of nitrogens with zero attached hydrogens (tertiary/aromatic N) is 6. The number of benzene rings is 1. The Hall–Kier alpha value is -3.24. The van der Waals surface area contributed by atoms with E-state index in [1.54, 1.807) is 0 Å². The van der Waals surface area contributed by atoms with Crippen molar-refractivity contribution in [1.29, 1.82) is 0 Å². The van der Waals surface area contributed by atoms with E-state index in [2.05, 4.69) is 25.1 Å². The predicted molar refractivity (Wildman–Crippen MR) is 136 cm³/mol. The summed E-state index contributed by atoms with van der Waals surface area (Å²) in [6.45, 7) is 4.07. The highest BCUT2D eigenvalue weighted by Gasteiger charge is 2.22. The number of amides is 1. The summed E-state index contributed by atoms with van der Waals surface area (Å²) in [5.74, 6) is 1.28. The topological polar surface area (TPSA) is 100 Å². The normalized spacial score (nSPS) is 16.8. The Labute approximate surface area is 205 Å². The highest BCUT2D eigenvalue weighted by molar-refractivity contribution is 5.95. The number of hydrogen-bond acceptors (Lipinski definition) is 8. The summed E-state index contributed by atoms with van der Waals surface area (Å²) in [6.07, 6.45) is 6.68. The Morgan fingerprint density at radius 1 is 1.11 bits per heavy atom. The molecular weight excluding hydrogens is 444 g/mol. The molecule has 2 N–H and O–H groups in total. The van der Waals surface area contributed by atoms with Crippen LogP contribution in [0, 0.1) is 0 Å². The Kier molecular flexibility index (Phi) is 7.10. The first-order valence-corrected chi connectivity index (χ1v) is 12.5. The van der Waals surface area contributed by atoms with Crippen molar-refractivity contribution < 1.29 is 9.53 Å². The molecule has 2 fully saturated rings. The smallest absolute Gasteiger partial charge is 0.254 e. The van der Waals surface area contributed by atoms with E-state index >= 15 is 0 Å². The summed E-state index contributed by atoms with van der Waals surface area (Å²) >= 11 is 0. The lowest BCUT2D eigenvalue weighted by Gasteiger charge is -2.26. The predicted octanol–water partition coefficient (Wildman–Crippen LogP) is 3.13. The fourth-order valence-corrected chi connectivity index (χ4v) is 4.71. The van der Waals surface area contributed by atoms with Gasteiger partial charge in [0.05, 0.1) is 19.5 Å². The van der Waals surface area contributed by atoms with Crippen LogP contribution in [-0.2, 0) is 4.74 Å². The van der Waals surface area contributed by atoms with Crippen molar-refractivity contribution >= 4 is 34.5 Å². The van der Waals surface area contributed by atoms with Crippen LogP contribution >= 0.6 is 0 Å². The van der Waals surface area contributed by atoms with Crippen LogP contribution in [0.4, 0.5) is 17.5 Å². The van der Waals surface area contributed by atoms with Crippen molar-refractivity contribution in [1.82, 2.24) is 29.3 Å². The number of likely N-dealkylation sites (N-methyl/N-ethyl adjacent to an activating group) is 1. The average molecular weight is 479 g/mol. The maximum Gasteiger partial charge on any atom is 0.254 e. The van der Waals surface area contributed by atoms with Gasteiger partial charge in [0, 0.05) is 43.5 Å². The molecule has 3 aromatic rings. The van der Waals surface area contributed by atoms with Gasteiger partial charge in [-0.05, 0) is 51.2 Å². The van der Waals surface area contributed by atoms with E-state index in [-0.39, 0.29) is 5.91 Å². The molecule has 0 spiro atoms. The number of morpholine rings is 1. The number of ether oxygens (including phenoxy) is 1. The molecule has 10 nitrogen and oxygen atoms in total. The largest absolute Gasteiger partial charge is 0.378 e. The van der Waals surface area contributed by atoms with Gasteiger partial charge in [-0.15, -0.1) is 0 Å². The number of carbonyl (C=O) groups excluding carboxylic acids is 1. The zero-order chi connectivity index (χ0) is 24.2. The van der Waals surface area contributed by atoms with Crippen LogP contribution in [-0.4, -0.2) is 88.7 Å². The minimum Gasteiger partial charge on any atom is -0.378 e. The van der Waals surface area contributed by atoms with Crippen LogP contribution in [0.1, 0.15) is 42.1 Å². The Balaban J connectivity index is 1.39. The van der Waals surface area contributed by atoms with Gasteiger partial charge in [-0.3, -0.25) is 4.79 Å². The fourth-order valence-electron chi connectivity index (χ4n) is 4.71. The van der Waals surface area contributed by atoms with Crippen molar-refractivity contribution in [3.63, 3.8) is 0 Å². The Morgan fingerprint density at radius 2 is 1.86 bits per heavy atom. The first-order chi connectivity index (χ1) is 17.1. The molecule has 1 aliphatic carbocycles. The molecule has 1 aliphatic heterocycles. The average Bonchev–Trinajstić information content (AvgIpc) is 3.54. The fraction of sp³-hybridized carbons (Fsp3) is 0.520.